The quantitative estimate of drug-likeness (QED) is 0.576. The molecule has 0 saturated carbocycles. The summed E-state index contributed by atoms with van der Waals surface area (Å²) < 4.78 is 4.67. The zero-order chi connectivity index (χ0) is 16.9. The highest BCUT2D eigenvalue weighted by atomic mass is 35.5. The molecule has 120 valence electrons. The van der Waals surface area contributed by atoms with Crippen molar-refractivity contribution in [2.75, 3.05) is 12.4 Å². The van der Waals surface area contributed by atoms with E-state index in [9.17, 15) is 4.79 Å². The first kappa shape index (κ1) is 15.9. The number of methoxy groups -OCH3 is 1. The molecule has 24 heavy (non-hydrogen) atoms. The summed E-state index contributed by atoms with van der Waals surface area (Å²) in [4.78, 5) is 24.1. The van der Waals surface area contributed by atoms with Crippen LogP contribution in [0.1, 0.15) is 10.4 Å². The Hall–Kier alpha value is -2.99. The van der Waals surface area contributed by atoms with Gasteiger partial charge >= 0.3 is 5.97 Å². The molecule has 0 aliphatic rings. The number of nitrogens with one attached hydrogen (secondary N) is 1. The predicted molar refractivity (Wildman–Crippen MR) is 91.3 cm³/mol. The van der Waals surface area contributed by atoms with E-state index in [0.717, 1.165) is 11.3 Å². The van der Waals surface area contributed by atoms with Crippen LogP contribution in [0.4, 0.5) is 11.5 Å². The SMILES string of the molecule is COC(=O)c1ccc(Nc2cc(Cl)nc(-c3ccncc3)n2)cc1. The number of nitrogens with zero attached hydrogens (tertiary/aromatic N) is 3. The molecule has 0 spiro atoms. The topological polar surface area (TPSA) is 77.0 Å². The summed E-state index contributed by atoms with van der Waals surface area (Å²) in [6.45, 7) is 0. The van der Waals surface area contributed by atoms with Crippen molar-refractivity contribution in [3.63, 3.8) is 0 Å². The maximum absolute atomic E-state index is 11.4. The Morgan fingerprint density at radius 1 is 1.08 bits per heavy atom. The third-order valence-corrected chi connectivity index (χ3v) is 3.41. The molecule has 3 rings (SSSR count). The van der Waals surface area contributed by atoms with Crippen LogP contribution in [0.15, 0.2) is 54.9 Å². The number of pyridine rings is 1. The van der Waals surface area contributed by atoms with Gasteiger partial charge in [-0.15, -0.1) is 0 Å². The van der Waals surface area contributed by atoms with E-state index in [2.05, 4.69) is 25.0 Å². The zero-order valence-corrected chi connectivity index (χ0v) is 13.5. The van der Waals surface area contributed by atoms with Gasteiger partial charge in [0.25, 0.3) is 0 Å². The molecule has 0 aliphatic carbocycles. The van der Waals surface area contributed by atoms with Crippen LogP contribution in [0.3, 0.4) is 0 Å². The van der Waals surface area contributed by atoms with Crippen molar-refractivity contribution in [2.24, 2.45) is 0 Å². The number of ether oxygens (including phenoxy) is 1. The van der Waals surface area contributed by atoms with Gasteiger partial charge in [0.15, 0.2) is 5.82 Å². The van der Waals surface area contributed by atoms with Crippen molar-refractivity contribution >= 4 is 29.1 Å². The van der Waals surface area contributed by atoms with Gasteiger partial charge in [0.2, 0.25) is 0 Å². The third kappa shape index (κ3) is 3.67. The molecule has 2 heterocycles. The molecular weight excluding hydrogens is 328 g/mol. The fourth-order valence-electron chi connectivity index (χ4n) is 2.07. The number of benzene rings is 1. The number of anilines is 2. The molecular formula is C17H13ClN4O2. The van der Waals surface area contributed by atoms with Crippen LogP contribution >= 0.6 is 11.6 Å². The number of carbonyl (C=O) groups excluding carboxylic acids is 1. The summed E-state index contributed by atoms with van der Waals surface area (Å²) in [5, 5.41) is 3.46. The summed E-state index contributed by atoms with van der Waals surface area (Å²) in [6.07, 6.45) is 3.33. The maximum Gasteiger partial charge on any atom is 0.337 e. The first-order valence-electron chi connectivity index (χ1n) is 7.06. The van der Waals surface area contributed by atoms with Gasteiger partial charge in [-0.2, -0.15) is 0 Å². The molecule has 1 aromatic carbocycles. The Balaban J connectivity index is 1.85. The van der Waals surface area contributed by atoms with Gasteiger partial charge < -0.3 is 10.1 Å². The lowest BCUT2D eigenvalue weighted by Gasteiger charge is -2.08. The summed E-state index contributed by atoms with van der Waals surface area (Å²) in [7, 11) is 1.35. The van der Waals surface area contributed by atoms with E-state index < -0.39 is 0 Å². The first-order chi connectivity index (χ1) is 11.7. The van der Waals surface area contributed by atoms with E-state index in [1.54, 1.807) is 54.9 Å². The molecule has 0 saturated heterocycles. The molecule has 1 N–H and O–H groups in total. The lowest BCUT2D eigenvalue weighted by Crippen LogP contribution is -2.01. The fourth-order valence-corrected chi connectivity index (χ4v) is 2.25. The molecule has 0 unspecified atom stereocenters. The Labute approximate surface area is 143 Å². The van der Waals surface area contributed by atoms with E-state index in [-0.39, 0.29) is 5.97 Å². The summed E-state index contributed by atoms with van der Waals surface area (Å²) in [5.74, 6) is 0.665. The van der Waals surface area contributed by atoms with E-state index >= 15 is 0 Å². The fraction of sp³-hybridized carbons (Fsp3) is 0.0588. The van der Waals surface area contributed by atoms with Crippen molar-refractivity contribution in [2.45, 2.75) is 0 Å². The van der Waals surface area contributed by atoms with Crippen LogP contribution in [-0.4, -0.2) is 28.0 Å². The van der Waals surface area contributed by atoms with E-state index in [1.165, 1.54) is 7.11 Å². The zero-order valence-electron chi connectivity index (χ0n) is 12.7. The van der Waals surface area contributed by atoms with Gasteiger partial charge in [-0.3, -0.25) is 4.98 Å². The summed E-state index contributed by atoms with van der Waals surface area (Å²) >= 11 is 6.08. The van der Waals surface area contributed by atoms with Gasteiger partial charge in [0.05, 0.1) is 12.7 Å². The van der Waals surface area contributed by atoms with Crippen molar-refractivity contribution in [1.29, 1.82) is 0 Å². The third-order valence-electron chi connectivity index (χ3n) is 3.21. The number of esters is 1. The van der Waals surface area contributed by atoms with E-state index in [0.29, 0.717) is 22.4 Å². The lowest BCUT2D eigenvalue weighted by atomic mass is 10.2. The van der Waals surface area contributed by atoms with E-state index in [1.807, 2.05) is 0 Å². The maximum atomic E-state index is 11.4. The molecule has 0 fully saturated rings. The minimum Gasteiger partial charge on any atom is -0.465 e. The molecule has 0 amide bonds. The standard InChI is InChI=1S/C17H13ClN4O2/c1-24-17(23)12-2-4-13(5-3-12)20-15-10-14(18)21-16(22-15)11-6-8-19-9-7-11/h2-10H,1H3,(H,20,21,22). The molecule has 0 bridgehead atoms. The second kappa shape index (κ2) is 7.06. The lowest BCUT2D eigenvalue weighted by molar-refractivity contribution is 0.0601. The van der Waals surface area contributed by atoms with Crippen LogP contribution in [0.2, 0.25) is 5.15 Å². The molecule has 0 aliphatic heterocycles. The van der Waals surface area contributed by atoms with Crippen LogP contribution in [0, 0.1) is 0 Å². The van der Waals surface area contributed by atoms with Crippen LogP contribution < -0.4 is 5.32 Å². The number of rotatable bonds is 4. The average Bonchev–Trinajstić information content (AvgIpc) is 2.62. The van der Waals surface area contributed by atoms with Gasteiger partial charge in [-0.05, 0) is 36.4 Å². The molecule has 0 atom stereocenters. The molecule has 6 nitrogen and oxygen atoms in total. The van der Waals surface area contributed by atoms with Crippen molar-refractivity contribution in [3.05, 3.63) is 65.6 Å². The number of carbonyl (C=O) groups is 1. The highest BCUT2D eigenvalue weighted by Gasteiger charge is 2.08. The minimum atomic E-state index is -0.383. The Bertz CT molecular complexity index is 854. The van der Waals surface area contributed by atoms with Crippen LogP contribution in [-0.2, 0) is 4.74 Å². The predicted octanol–water partition coefficient (Wildman–Crippen LogP) is 3.72. The number of hydrogen-bond acceptors (Lipinski definition) is 6. The van der Waals surface area contributed by atoms with Gasteiger partial charge in [0, 0.05) is 29.7 Å². The molecule has 2 aromatic heterocycles. The van der Waals surface area contributed by atoms with Crippen LogP contribution in [0.25, 0.3) is 11.4 Å². The number of aromatic nitrogens is 3. The molecule has 3 aromatic rings. The van der Waals surface area contributed by atoms with Crippen molar-refractivity contribution < 1.29 is 9.53 Å². The summed E-state index contributed by atoms with van der Waals surface area (Å²) in [6, 6.07) is 12.1. The van der Waals surface area contributed by atoms with Gasteiger partial charge in [0.1, 0.15) is 11.0 Å². The van der Waals surface area contributed by atoms with Gasteiger partial charge in [-0.25, -0.2) is 14.8 Å². The van der Waals surface area contributed by atoms with Crippen molar-refractivity contribution in [1.82, 2.24) is 15.0 Å². The Kier molecular flexibility index (Phi) is 4.67. The second-order valence-corrected chi connectivity index (χ2v) is 5.22. The van der Waals surface area contributed by atoms with Crippen LogP contribution in [0.5, 0.6) is 0 Å². The highest BCUT2D eigenvalue weighted by Crippen LogP contribution is 2.22. The summed E-state index contributed by atoms with van der Waals surface area (Å²) in [5.41, 5.74) is 2.05. The first-order valence-corrected chi connectivity index (χ1v) is 7.44. The largest absolute Gasteiger partial charge is 0.465 e. The average molecular weight is 341 g/mol. The monoisotopic (exact) mass is 340 g/mol. The Morgan fingerprint density at radius 2 is 1.79 bits per heavy atom. The minimum absolute atomic E-state index is 0.325. The molecule has 0 radical (unpaired) electrons. The molecule has 7 heteroatoms. The normalized spacial score (nSPS) is 10.2. The number of hydrogen-bond donors (Lipinski definition) is 1. The van der Waals surface area contributed by atoms with Gasteiger partial charge in [-0.1, -0.05) is 11.6 Å². The smallest absolute Gasteiger partial charge is 0.337 e. The number of halogens is 1. The highest BCUT2D eigenvalue weighted by molar-refractivity contribution is 6.29. The second-order valence-electron chi connectivity index (χ2n) is 4.83. The van der Waals surface area contributed by atoms with Crippen molar-refractivity contribution in [3.8, 4) is 11.4 Å². The Morgan fingerprint density at radius 3 is 2.46 bits per heavy atom. The van der Waals surface area contributed by atoms with E-state index in [4.69, 9.17) is 11.6 Å².